The molecule has 0 aliphatic carbocycles. The van der Waals surface area contributed by atoms with Gasteiger partial charge in [0.25, 0.3) is 0 Å². The molecule has 0 saturated carbocycles. The fraction of sp³-hybridized carbons (Fsp3) is 0.190. The van der Waals surface area contributed by atoms with Crippen LogP contribution in [-0.4, -0.2) is 34.4 Å². The molecule has 0 radical (unpaired) electrons. The summed E-state index contributed by atoms with van der Waals surface area (Å²) in [6.07, 6.45) is 3.44. The van der Waals surface area contributed by atoms with Crippen LogP contribution in [-0.2, 0) is 9.53 Å². The highest BCUT2D eigenvalue weighted by molar-refractivity contribution is 6.05. The highest BCUT2D eigenvalue weighted by atomic mass is 16.5. The molecular formula is C21H20O6. The molecule has 27 heavy (non-hydrogen) atoms. The number of benzene rings is 2. The SMILES string of the molecule is COc1ccc(/C=C2\C=C(c3cc(OC)c(OC)c(OC)c3)OC2=O)cc1. The van der Waals surface area contributed by atoms with E-state index in [9.17, 15) is 4.79 Å². The lowest BCUT2D eigenvalue weighted by atomic mass is 10.1. The van der Waals surface area contributed by atoms with Crippen molar-refractivity contribution in [2.24, 2.45) is 0 Å². The topological polar surface area (TPSA) is 63.2 Å². The molecule has 3 rings (SSSR count). The number of carbonyl (C=O) groups excluding carboxylic acids is 1. The number of ether oxygens (including phenoxy) is 5. The minimum absolute atomic E-state index is 0.416. The molecule has 0 unspecified atom stereocenters. The summed E-state index contributed by atoms with van der Waals surface area (Å²) in [5.74, 6) is 2.18. The Morgan fingerprint density at radius 1 is 0.852 bits per heavy atom. The first-order chi connectivity index (χ1) is 13.1. The lowest BCUT2D eigenvalue weighted by Gasteiger charge is -2.14. The second-order valence-electron chi connectivity index (χ2n) is 5.68. The standard InChI is InChI=1S/C21H20O6/c1-23-16-7-5-13(6-8-16)9-15-12-17(27-21(15)22)14-10-18(24-2)20(26-4)19(11-14)25-3/h5-12H,1-4H3/b15-9+. The number of methoxy groups -OCH3 is 4. The first kappa shape index (κ1) is 18.4. The molecule has 0 fully saturated rings. The molecule has 1 aliphatic heterocycles. The van der Waals surface area contributed by atoms with Crippen molar-refractivity contribution in [3.05, 3.63) is 59.2 Å². The first-order valence-corrected chi connectivity index (χ1v) is 8.19. The highest BCUT2D eigenvalue weighted by Crippen LogP contribution is 2.41. The quantitative estimate of drug-likeness (QED) is 0.572. The van der Waals surface area contributed by atoms with Crippen molar-refractivity contribution in [1.82, 2.24) is 0 Å². The van der Waals surface area contributed by atoms with Gasteiger partial charge in [0.2, 0.25) is 5.75 Å². The number of esters is 1. The lowest BCUT2D eigenvalue weighted by molar-refractivity contribution is -0.130. The van der Waals surface area contributed by atoms with Gasteiger partial charge in [0.1, 0.15) is 11.5 Å². The Kier molecular flexibility index (Phi) is 5.35. The highest BCUT2D eigenvalue weighted by Gasteiger charge is 2.24. The fourth-order valence-electron chi connectivity index (χ4n) is 2.73. The van der Waals surface area contributed by atoms with Gasteiger partial charge in [0.15, 0.2) is 11.5 Å². The van der Waals surface area contributed by atoms with Crippen molar-refractivity contribution < 1.29 is 28.5 Å². The molecule has 0 bridgehead atoms. The molecule has 6 nitrogen and oxygen atoms in total. The Hall–Kier alpha value is -3.41. The van der Waals surface area contributed by atoms with Crippen LogP contribution >= 0.6 is 0 Å². The van der Waals surface area contributed by atoms with Crippen LogP contribution in [0.25, 0.3) is 11.8 Å². The van der Waals surface area contributed by atoms with E-state index in [0.29, 0.717) is 34.1 Å². The van der Waals surface area contributed by atoms with Gasteiger partial charge in [-0.05, 0) is 42.0 Å². The van der Waals surface area contributed by atoms with Crippen molar-refractivity contribution >= 4 is 17.8 Å². The van der Waals surface area contributed by atoms with Gasteiger partial charge in [-0.15, -0.1) is 0 Å². The van der Waals surface area contributed by atoms with Crippen LogP contribution in [0.1, 0.15) is 11.1 Å². The Balaban J connectivity index is 1.97. The zero-order chi connectivity index (χ0) is 19.4. The van der Waals surface area contributed by atoms with E-state index in [-0.39, 0.29) is 0 Å². The van der Waals surface area contributed by atoms with E-state index in [1.165, 1.54) is 21.3 Å². The zero-order valence-electron chi connectivity index (χ0n) is 15.6. The molecule has 2 aromatic rings. The van der Waals surface area contributed by atoms with Crippen molar-refractivity contribution in [3.63, 3.8) is 0 Å². The molecular weight excluding hydrogens is 348 g/mol. The van der Waals surface area contributed by atoms with Crippen molar-refractivity contribution in [2.45, 2.75) is 0 Å². The molecule has 0 saturated heterocycles. The first-order valence-electron chi connectivity index (χ1n) is 8.19. The minimum atomic E-state index is -0.422. The summed E-state index contributed by atoms with van der Waals surface area (Å²) in [6.45, 7) is 0. The number of rotatable bonds is 6. The van der Waals surface area contributed by atoms with Crippen LogP contribution in [0.5, 0.6) is 23.0 Å². The molecule has 0 amide bonds. The smallest absolute Gasteiger partial charge is 0.343 e. The predicted octanol–water partition coefficient (Wildman–Crippen LogP) is 3.70. The maximum Gasteiger partial charge on any atom is 0.343 e. The third-order valence-electron chi connectivity index (χ3n) is 4.11. The maximum absolute atomic E-state index is 12.3. The average Bonchev–Trinajstić information content (AvgIpc) is 3.07. The molecule has 0 aromatic heterocycles. The van der Waals surface area contributed by atoms with E-state index in [1.54, 1.807) is 31.4 Å². The van der Waals surface area contributed by atoms with Crippen LogP contribution < -0.4 is 18.9 Å². The molecule has 6 heteroatoms. The Bertz CT molecular complexity index is 884. The Morgan fingerprint density at radius 2 is 1.48 bits per heavy atom. The maximum atomic E-state index is 12.3. The van der Waals surface area contributed by atoms with Gasteiger partial charge >= 0.3 is 5.97 Å². The average molecular weight is 368 g/mol. The lowest BCUT2D eigenvalue weighted by Crippen LogP contribution is -1.99. The van der Waals surface area contributed by atoms with Gasteiger partial charge in [-0.25, -0.2) is 4.79 Å². The summed E-state index contributed by atoms with van der Waals surface area (Å²) in [5, 5.41) is 0. The number of hydrogen-bond donors (Lipinski definition) is 0. The molecule has 140 valence electrons. The second kappa shape index (κ2) is 7.86. The number of carbonyl (C=O) groups is 1. The number of hydrogen-bond acceptors (Lipinski definition) is 6. The van der Waals surface area contributed by atoms with E-state index in [2.05, 4.69) is 0 Å². The summed E-state index contributed by atoms with van der Waals surface area (Å²) in [7, 11) is 6.20. The van der Waals surface area contributed by atoms with Gasteiger partial charge in [0, 0.05) is 5.56 Å². The van der Waals surface area contributed by atoms with Crippen LogP contribution in [0, 0.1) is 0 Å². The summed E-state index contributed by atoms with van der Waals surface area (Å²) in [4.78, 5) is 12.3. The second-order valence-corrected chi connectivity index (χ2v) is 5.68. The molecule has 1 heterocycles. The Labute approximate surface area is 157 Å². The molecule has 2 aromatic carbocycles. The van der Waals surface area contributed by atoms with Gasteiger partial charge < -0.3 is 23.7 Å². The van der Waals surface area contributed by atoms with E-state index in [1.807, 2.05) is 24.3 Å². The molecule has 0 N–H and O–H groups in total. The summed E-state index contributed by atoms with van der Waals surface area (Å²) in [5.41, 5.74) is 1.96. The van der Waals surface area contributed by atoms with Crippen LogP contribution in [0.3, 0.4) is 0 Å². The van der Waals surface area contributed by atoms with Gasteiger partial charge in [-0.3, -0.25) is 0 Å². The predicted molar refractivity (Wildman–Crippen MR) is 101 cm³/mol. The Morgan fingerprint density at radius 3 is 2.00 bits per heavy atom. The largest absolute Gasteiger partial charge is 0.497 e. The van der Waals surface area contributed by atoms with Crippen molar-refractivity contribution in [3.8, 4) is 23.0 Å². The minimum Gasteiger partial charge on any atom is -0.497 e. The summed E-state index contributed by atoms with van der Waals surface area (Å²) >= 11 is 0. The number of cyclic esters (lactones) is 1. The summed E-state index contributed by atoms with van der Waals surface area (Å²) < 4.78 is 26.6. The van der Waals surface area contributed by atoms with Gasteiger partial charge in [-0.2, -0.15) is 0 Å². The fourth-order valence-corrected chi connectivity index (χ4v) is 2.73. The van der Waals surface area contributed by atoms with Crippen LogP contribution in [0.4, 0.5) is 0 Å². The monoisotopic (exact) mass is 368 g/mol. The normalized spacial score (nSPS) is 14.6. The molecule has 1 aliphatic rings. The van der Waals surface area contributed by atoms with Crippen molar-refractivity contribution in [2.75, 3.05) is 28.4 Å². The van der Waals surface area contributed by atoms with Crippen LogP contribution in [0.15, 0.2) is 48.0 Å². The van der Waals surface area contributed by atoms with E-state index in [0.717, 1.165) is 11.3 Å². The zero-order valence-corrected chi connectivity index (χ0v) is 15.6. The van der Waals surface area contributed by atoms with E-state index < -0.39 is 5.97 Å². The summed E-state index contributed by atoms with van der Waals surface area (Å²) in [6, 6.07) is 10.9. The molecule has 0 atom stereocenters. The van der Waals surface area contributed by atoms with Crippen molar-refractivity contribution in [1.29, 1.82) is 0 Å². The molecule has 0 spiro atoms. The third-order valence-corrected chi connectivity index (χ3v) is 4.11. The van der Waals surface area contributed by atoms with Gasteiger partial charge in [-0.1, -0.05) is 12.1 Å². The van der Waals surface area contributed by atoms with Gasteiger partial charge in [0.05, 0.1) is 34.0 Å². The van der Waals surface area contributed by atoms with E-state index >= 15 is 0 Å². The van der Waals surface area contributed by atoms with Crippen LogP contribution in [0.2, 0.25) is 0 Å². The third kappa shape index (κ3) is 3.74. The van der Waals surface area contributed by atoms with E-state index in [4.69, 9.17) is 23.7 Å².